The number of ether oxygens (including phenoxy) is 2. The minimum Gasteiger partial charge on any atom is -0.394 e. The number of rotatable bonds is 5. The quantitative estimate of drug-likeness (QED) is 0.695. The van der Waals surface area contributed by atoms with Crippen LogP contribution in [-0.4, -0.2) is 68.3 Å². The van der Waals surface area contributed by atoms with Crippen molar-refractivity contribution < 1.29 is 19.7 Å². The summed E-state index contributed by atoms with van der Waals surface area (Å²) in [6.07, 6.45) is -1.27. The van der Waals surface area contributed by atoms with Crippen LogP contribution in [0.2, 0.25) is 0 Å². The topological polar surface area (TPSA) is 115 Å². The number of imidazole rings is 1. The molecule has 0 spiro atoms. The molecule has 9 nitrogen and oxygen atoms in total. The molecule has 1 aliphatic heterocycles. The molecule has 0 aliphatic carbocycles. The maximum absolute atomic E-state index is 10.3. The third-order valence-electron chi connectivity index (χ3n) is 3.90. The molecule has 2 aromatic rings. The Labute approximate surface area is 133 Å². The predicted octanol–water partition coefficient (Wildman–Crippen LogP) is -0.168. The lowest BCUT2D eigenvalue weighted by Crippen LogP contribution is -2.35. The maximum atomic E-state index is 10.3. The molecule has 0 bridgehead atoms. The fourth-order valence-electron chi connectivity index (χ4n) is 2.85. The van der Waals surface area contributed by atoms with Crippen LogP contribution < -0.4 is 5.32 Å². The molecule has 1 aliphatic rings. The molecule has 0 amide bonds. The highest BCUT2D eigenvalue weighted by molar-refractivity contribution is 5.82. The normalized spacial score (nSPS) is 27.7. The van der Waals surface area contributed by atoms with E-state index in [0.29, 0.717) is 29.4 Å². The SMILES string of the molecule is CCOC1C(O)[C@@H](CO)O[C@H]1n1cnc2c(NC)nc(C)nc21. The molecule has 1 saturated heterocycles. The van der Waals surface area contributed by atoms with E-state index in [1.165, 1.54) is 0 Å². The van der Waals surface area contributed by atoms with Gasteiger partial charge in [0.05, 0.1) is 12.9 Å². The van der Waals surface area contributed by atoms with E-state index in [0.717, 1.165) is 0 Å². The molecular weight excluding hydrogens is 302 g/mol. The zero-order valence-corrected chi connectivity index (χ0v) is 13.3. The highest BCUT2D eigenvalue weighted by Gasteiger charge is 2.45. The van der Waals surface area contributed by atoms with Crippen molar-refractivity contribution in [3.05, 3.63) is 12.2 Å². The summed E-state index contributed by atoms with van der Waals surface area (Å²) in [5.41, 5.74) is 1.20. The van der Waals surface area contributed by atoms with Crippen LogP contribution >= 0.6 is 0 Å². The highest BCUT2D eigenvalue weighted by atomic mass is 16.6. The van der Waals surface area contributed by atoms with E-state index in [-0.39, 0.29) is 6.61 Å². The number of hydrogen-bond acceptors (Lipinski definition) is 8. The largest absolute Gasteiger partial charge is 0.394 e. The van der Waals surface area contributed by atoms with Gasteiger partial charge in [0.1, 0.15) is 24.1 Å². The molecule has 1 fully saturated rings. The molecule has 4 atom stereocenters. The van der Waals surface area contributed by atoms with Crippen LogP contribution in [0.3, 0.4) is 0 Å². The van der Waals surface area contributed by atoms with Gasteiger partial charge in [-0.05, 0) is 13.8 Å². The number of aromatic nitrogens is 4. The Morgan fingerprint density at radius 2 is 2.22 bits per heavy atom. The van der Waals surface area contributed by atoms with Crippen molar-refractivity contribution in [2.45, 2.75) is 38.4 Å². The molecule has 126 valence electrons. The van der Waals surface area contributed by atoms with Crippen LogP contribution in [0.5, 0.6) is 0 Å². The zero-order chi connectivity index (χ0) is 16.6. The van der Waals surface area contributed by atoms with Gasteiger partial charge in [0.25, 0.3) is 0 Å². The first-order valence-electron chi connectivity index (χ1n) is 7.55. The van der Waals surface area contributed by atoms with Crippen LogP contribution in [0, 0.1) is 6.92 Å². The van der Waals surface area contributed by atoms with Crippen LogP contribution in [0.4, 0.5) is 5.82 Å². The third kappa shape index (κ3) is 2.65. The lowest BCUT2D eigenvalue weighted by Gasteiger charge is -2.21. The molecule has 23 heavy (non-hydrogen) atoms. The zero-order valence-electron chi connectivity index (χ0n) is 13.3. The van der Waals surface area contributed by atoms with Crippen molar-refractivity contribution in [1.82, 2.24) is 19.5 Å². The van der Waals surface area contributed by atoms with E-state index in [2.05, 4.69) is 20.3 Å². The summed E-state index contributed by atoms with van der Waals surface area (Å²) in [7, 11) is 1.76. The standard InChI is InChI=1S/C14H21N5O4/c1-4-22-11-10(21)8(5-20)23-14(11)19-6-16-9-12(15-3)17-7(2)18-13(9)19/h6,8,10-11,14,20-21H,4-5H2,1-3H3,(H,15,17,18)/t8-,10?,11?,14-/m1/s1. The Hall–Kier alpha value is -1.81. The van der Waals surface area contributed by atoms with E-state index >= 15 is 0 Å². The smallest absolute Gasteiger partial charge is 0.167 e. The Morgan fingerprint density at radius 3 is 2.87 bits per heavy atom. The van der Waals surface area contributed by atoms with Crippen molar-refractivity contribution in [1.29, 1.82) is 0 Å². The molecule has 3 heterocycles. The van der Waals surface area contributed by atoms with Gasteiger partial charge in [-0.3, -0.25) is 4.57 Å². The van der Waals surface area contributed by atoms with Crippen LogP contribution in [0.1, 0.15) is 19.0 Å². The number of aliphatic hydroxyl groups excluding tert-OH is 2. The molecule has 2 aromatic heterocycles. The molecule has 0 radical (unpaired) electrons. The van der Waals surface area contributed by atoms with Crippen molar-refractivity contribution in [3.8, 4) is 0 Å². The second-order valence-corrected chi connectivity index (χ2v) is 5.35. The average Bonchev–Trinajstić information content (AvgIpc) is 3.09. The van der Waals surface area contributed by atoms with E-state index in [1.807, 2.05) is 6.92 Å². The van der Waals surface area contributed by atoms with E-state index in [4.69, 9.17) is 9.47 Å². The predicted molar refractivity (Wildman–Crippen MR) is 82.0 cm³/mol. The first-order chi connectivity index (χ1) is 11.1. The minimum absolute atomic E-state index is 0.288. The van der Waals surface area contributed by atoms with Crippen molar-refractivity contribution in [2.75, 3.05) is 25.6 Å². The Kier molecular flexibility index (Phi) is 4.44. The number of aryl methyl sites for hydroxylation is 1. The van der Waals surface area contributed by atoms with Crippen molar-refractivity contribution >= 4 is 17.0 Å². The van der Waals surface area contributed by atoms with Gasteiger partial charge in [-0.2, -0.15) is 0 Å². The second-order valence-electron chi connectivity index (χ2n) is 5.35. The van der Waals surface area contributed by atoms with Gasteiger partial charge < -0.3 is 25.0 Å². The summed E-state index contributed by atoms with van der Waals surface area (Å²) >= 11 is 0. The molecular formula is C14H21N5O4. The number of nitrogens with zero attached hydrogens (tertiary/aromatic N) is 4. The first kappa shape index (κ1) is 16.1. The Balaban J connectivity index is 2.06. The van der Waals surface area contributed by atoms with E-state index in [9.17, 15) is 10.2 Å². The average molecular weight is 323 g/mol. The lowest BCUT2D eigenvalue weighted by atomic mass is 10.1. The molecule has 2 unspecified atom stereocenters. The third-order valence-corrected chi connectivity index (χ3v) is 3.90. The van der Waals surface area contributed by atoms with Gasteiger partial charge >= 0.3 is 0 Å². The molecule has 9 heteroatoms. The number of anilines is 1. The van der Waals surface area contributed by atoms with Crippen molar-refractivity contribution in [2.24, 2.45) is 0 Å². The highest BCUT2D eigenvalue weighted by Crippen LogP contribution is 2.34. The summed E-state index contributed by atoms with van der Waals surface area (Å²) < 4.78 is 13.1. The summed E-state index contributed by atoms with van der Waals surface area (Å²) in [6, 6.07) is 0. The number of aliphatic hydroxyl groups is 2. The number of fused-ring (bicyclic) bond motifs is 1. The maximum Gasteiger partial charge on any atom is 0.167 e. The second kappa shape index (κ2) is 6.36. The van der Waals surface area contributed by atoms with Gasteiger partial charge in [0.2, 0.25) is 0 Å². The fourth-order valence-corrected chi connectivity index (χ4v) is 2.85. The first-order valence-corrected chi connectivity index (χ1v) is 7.55. The molecule has 3 rings (SSSR count). The van der Waals surface area contributed by atoms with Crippen LogP contribution in [-0.2, 0) is 9.47 Å². The summed E-state index contributed by atoms with van der Waals surface area (Å²) in [5, 5.41) is 22.7. The Morgan fingerprint density at radius 1 is 1.43 bits per heavy atom. The van der Waals surface area contributed by atoms with Gasteiger partial charge in [0, 0.05) is 13.7 Å². The number of nitrogens with one attached hydrogen (secondary N) is 1. The molecule has 0 saturated carbocycles. The van der Waals surface area contributed by atoms with Gasteiger partial charge in [0.15, 0.2) is 23.2 Å². The monoisotopic (exact) mass is 323 g/mol. The number of hydrogen-bond donors (Lipinski definition) is 3. The molecule has 0 aromatic carbocycles. The van der Waals surface area contributed by atoms with Crippen molar-refractivity contribution in [3.63, 3.8) is 0 Å². The van der Waals surface area contributed by atoms with Gasteiger partial charge in [-0.1, -0.05) is 0 Å². The van der Waals surface area contributed by atoms with Gasteiger partial charge in [-0.25, -0.2) is 15.0 Å². The Bertz CT molecular complexity index is 691. The lowest BCUT2D eigenvalue weighted by molar-refractivity contribution is -0.0677. The van der Waals surface area contributed by atoms with E-state index < -0.39 is 24.5 Å². The summed E-state index contributed by atoms with van der Waals surface area (Å²) in [6.45, 7) is 3.76. The molecule has 3 N–H and O–H groups in total. The fraction of sp³-hybridized carbons (Fsp3) is 0.643. The summed E-state index contributed by atoms with van der Waals surface area (Å²) in [4.78, 5) is 13.1. The van der Waals surface area contributed by atoms with Crippen LogP contribution in [0.15, 0.2) is 6.33 Å². The van der Waals surface area contributed by atoms with E-state index in [1.54, 1.807) is 24.9 Å². The summed E-state index contributed by atoms with van der Waals surface area (Å²) in [5.74, 6) is 1.21. The van der Waals surface area contributed by atoms with Crippen LogP contribution in [0.25, 0.3) is 11.2 Å². The minimum atomic E-state index is -0.922. The van der Waals surface area contributed by atoms with Gasteiger partial charge in [-0.15, -0.1) is 0 Å².